The van der Waals surface area contributed by atoms with Crippen molar-refractivity contribution in [2.45, 2.75) is 0 Å². The second kappa shape index (κ2) is 3.30. The summed E-state index contributed by atoms with van der Waals surface area (Å²) in [4.78, 5) is 24.3. The summed E-state index contributed by atoms with van der Waals surface area (Å²) in [6, 6.07) is 0. The zero-order chi connectivity index (χ0) is 9.30. The predicted octanol–water partition coefficient (Wildman–Crippen LogP) is -0.280. The van der Waals surface area contributed by atoms with Gasteiger partial charge in [0.25, 0.3) is 5.56 Å². The van der Waals surface area contributed by atoms with E-state index in [-0.39, 0.29) is 5.56 Å². The normalized spacial score (nSPS) is 9.92. The first-order chi connectivity index (χ1) is 5.57. The van der Waals surface area contributed by atoms with E-state index in [9.17, 15) is 9.59 Å². The molecule has 0 aliphatic carbocycles. The Balaban J connectivity index is 3.65. The standard InChI is InChI=1S/C6H8IN3O2/c1-8-4-3(7)5(11)9-6(12)10(4)2/h8H,1-2H3,(H,9,11,12). The first kappa shape index (κ1) is 9.30. The second-order valence-electron chi connectivity index (χ2n) is 2.23. The fraction of sp³-hybridized carbons (Fsp3) is 0.333. The molecule has 0 spiro atoms. The molecular formula is C6H8IN3O2. The highest BCUT2D eigenvalue weighted by atomic mass is 127. The van der Waals surface area contributed by atoms with Crippen LogP contribution >= 0.6 is 22.6 Å². The number of hydrogen-bond donors (Lipinski definition) is 2. The highest BCUT2D eigenvalue weighted by Gasteiger charge is 2.06. The molecule has 0 aliphatic heterocycles. The number of H-pyrrole nitrogens is 1. The van der Waals surface area contributed by atoms with Crippen LogP contribution in [0.1, 0.15) is 0 Å². The van der Waals surface area contributed by atoms with Crippen LogP contribution < -0.4 is 16.6 Å². The van der Waals surface area contributed by atoms with Crippen LogP contribution in [0.3, 0.4) is 0 Å². The number of anilines is 1. The molecule has 66 valence electrons. The molecule has 0 bridgehead atoms. The summed E-state index contributed by atoms with van der Waals surface area (Å²) in [6.07, 6.45) is 0. The predicted molar refractivity (Wildman–Crippen MR) is 54.6 cm³/mol. The number of rotatable bonds is 1. The maximum absolute atomic E-state index is 11.1. The average molecular weight is 281 g/mol. The third kappa shape index (κ3) is 1.38. The Hall–Kier alpha value is -0.790. The van der Waals surface area contributed by atoms with Crippen molar-refractivity contribution < 1.29 is 0 Å². The average Bonchev–Trinajstić information content (AvgIpc) is 2.02. The summed E-state index contributed by atoms with van der Waals surface area (Å²) in [5.41, 5.74) is -0.771. The minimum absolute atomic E-state index is 0.358. The van der Waals surface area contributed by atoms with Gasteiger partial charge in [-0.05, 0) is 22.6 Å². The smallest absolute Gasteiger partial charge is 0.329 e. The van der Waals surface area contributed by atoms with Gasteiger partial charge in [-0.15, -0.1) is 0 Å². The first-order valence-corrected chi connectivity index (χ1v) is 4.32. The molecule has 6 heteroatoms. The number of hydrogen-bond acceptors (Lipinski definition) is 3. The zero-order valence-corrected chi connectivity index (χ0v) is 8.80. The van der Waals surface area contributed by atoms with Crippen molar-refractivity contribution in [1.29, 1.82) is 0 Å². The van der Waals surface area contributed by atoms with Gasteiger partial charge in [-0.25, -0.2) is 4.79 Å². The quantitative estimate of drug-likeness (QED) is 0.696. The van der Waals surface area contributed by atoms with E-state index in [4.69, 9.17) is 0 Å². The molecule has 0 unspecified atom stereocenters. The molecule has 0 radical (unpaired) electrons. The van der Waals surface area contributed by atoms with Crippen LogP contribution in [0.4, 0.5) is 5.82 Å². The van der Waals surface area contributed by atoms with Crippen molar-refractivity contribution in [3.8, 4) is 0 Å². The Morgan fingerprint density at radius 1 is 1.50 bits per heavy atom. The van der Waals surface area contributed by atoms with Crippen molar-refractivity contribution in [1.82, 2.24) is 9.55 Å². The SMILES string of the molecule is CNc1c(I)c(=O)[nH]c(=O)n1C. The minimum atomic E-state index is -0.412. The van der Waals surface area contributed by atoms with Crippen LogP contribution in [0.2, 0.25) is 0 Å². The molecule has 1 aromatic rings. The summed E-state index contributed by atoms with van der Waals surface area (Å²) < 4.78 is 1.83. The summed E-state index contributed by atoms with van der Waals surface area (Å²) >= 11 is 1.88. The molecule has 0 atom stereocenters. The largest absolute Gasteiger partial charge is 0.373 e. The van der Waals surface area contributed by atoms with E-state index in [1.54, 1.807) is 14.1 Å². The van der Waals surface area contributed by atoms with Crippen molar-refractivity contribution in [3.63, 3.8) is 0 Å². The van der Waals surface area contributed by atoms with Gasteiger partial charge in [-0.1, -0.05) is 0 Å². The molecule has 0 saturated heterocycles. The lowest BCUT2D eigenvalue weighted by atomic mass is 10.5. The van der Waals surface area contributed by atoms with Gasteiger partial charge in [0.2, 0.25) is 0 Å². The lowest BCUT2D eigenvalue weighted by Gasteiger charge is -2.07. The molecule has 0 aliphatic rings. The van der Waals surface area contributed by atoms with E-state index in [1.165, 1.54) is 4.57 Å². The molecule has 1 rings (SSSR count). The fourth-order valence-corrected chi connectivity index (χ4v) is 1.64. The Bertz CT molecular complexity index is 372. The Morgan fingerprint density at radius 2 is 2.08 bits per heavy atom. The molecule has 2 N–H and O–H groups in total. The van der Waals surface area contributed by atoms with Gasteiger partial charge in [0.05, 0.1) is 0 Å². The number of aromatic nitrogens is 2. The Morgan fingerprint density at radius 3 is 2.58 bits per heavy atom. The molecule has 0 amide bonds. The van der Waals surface area contributed by atoms with Gasteiger partial charge >= 0.3 is 5.69 Å². The molecule has 1 aromatic heterocycles. The van der Waals surface area contributed by atoms with Crippen LogP contribution in [0, 0.1) is 3.57 Å². The fourth-order valence-electron chi connectivity index (χ4n) is 0.870. The van der Waals surface area contributed by atoms with Crippen molar-refractivity contribution in [2.75, 3.05) is 12.4 Å². The van der Waals surface area contributed by atoms with E-state index in [2.05, 4.69) is 10.3 Å². The van der Waals surface area contributed by atoms with Gasteiger partial charge < -0.3 is 5.32 Å². The van der Waals surface area contributed by atoms with Crippen molar-refractivity contribution in [3.05, 3.63) is 24.4 Å². The van der Waals surface area contributed by atoms with E-state index >= 15 is 0 Å². The van der Waals surface area contributed by atoms with Crippen LogP contribution in [0.25, 0.3) is 0 Å². The monoisotopic (exact) mass is 281 g/mol. The molecule has 0 fully saturated rings. The van der Waals surface area contributed by atoms with Crippen molar-refractivity contribution in [2.24, 2.45) is 7.05 Å². The van der Waals surface area contributed by atoms with Crippen LogP contribution in [0.15, 0.2) is 9.59 Å². The Kier molecular flexibility index (Phi) is 2.55. The number of aromatic amines is 1. The lowest BCUT2D eigenvalue weighted by molar-refractivity contribution is 0.800. The first-order valence-electron chi connectivity index (χ1n) is 3.24. The summed E-state index contributed by atoms with van der Waals surface area (Å²) in [5, 5.41) is 2.78. The molecular weight excluding hydrogens is 273 g/mol. The van der Waals surface area contributed by atoms with Gasteiger partial charge in [0.15, 0.2) is 0 Å². The second-order valence-corrected chi connectivity index (χ2v) is 3.31. The summed E-state index contributed by atoms with van der Waals surface area (Å²) in [7, 11) is 3.25. The number of nitrogens with one attached hydrogen (secondary N) is 2. The Labute approximate surface area is 81.9 Å². The van der Waals surface area contributed by atoms with Crippen molar-refractivity contribution >= 4 is 28.4 Å². The van der Waals surface area contributed by atoms with Gasteiger partial charge in [-0.3, -0.25) is 14.3 Å². The molecule has 12 heavy (non-hydrogen) atoms. The summed E-state index contributed by atoms with van der Waals surface area (Å²) in [5.74, 6) is 0.532. The maximum Gasteiger partial charge on any atom is 0.329 e. The minimum Gasteiger partial charge on any atom is -0.373 e. The van der Waals surface area contributed by atoms with Gasteiger partial charge in [0, 0.05) is 14.1 Å². The van der Waals surface area contributed by atoms with Crippen LogP contribution in [-0.4, -0.2) is 16.6 Å². The van der Waals surface area contributed by atoms with E-state index in [0.717, 1.165) is 0 Å². The third-order valence-electron chi connectivity index (χ3n) is 1.50. The van der Waals surface area contributed by atoms with Crippen LogP contribution in [0.5, 0.6) is 0 Å². The highest BCUT2D eigenvalue weighted by Crippen LogP contribution is 2.08. The lowest BCUT2D eigenvalue weighted by Crippen LogP contribution is -2.31. The zero-order valence-electron chi connectivity index (χ0n) is 6.64. The number of nitrogens with zero attached hydrogens (tertiary/aromatic N) is 1. The van der Waals surface area contributed by atoms with Gasteiger partial charge in [-0.2, -0.15) is 0 Å². The van der Waals surface area contributed by atoms with Gasteiger partial charge in [0.1, 0.15) is 9.39 Å². The molecule has 5 nitrogen and oxygen atoms in total. The number of halogens is 1. The summed E-state index contributed by atoms with van der Waals surface area (Å²) in [6.45, 7) is 0. The third-order valence-corrected chi connectivity index (χ3v) is 2.51. The topological polar surface area (TPSA) is 66.9 Å². The molecule has 0 aromatic carbocycles. The van der Waals surface area contributed by atoms with E-state index < -0.39 is 5.69 Å². The van der Waals surface area contributed by atoms with E-state index in [1.807, 2.05) is 22.6 Å². The molecule has 0 saturated carbocycles. The van der Waals surface area contributed by atoms with Crippen LogP contribution in [-0.2, 0) is 7.05 Å². The van der Waals surface area contributed by atoms with E-state index in [0.29, 0.717) is 9.39 Å². The highest BCUT2D eigenvalue weighted by molar-refractivity contribution is 14.1. The maximum atomic E-state index is 11.1. The molecule has 1 heterocycles.